The van der Waals surface area contributed by atoms with E-state index in [2.05, 4.69) is 9.97 Å². The molecule has 4 atom stereocenters. The minimum atomic E-state index is -1.53. The number of nitrogens with one attached hydrogen (secondary N) is 3. The Bertz CT molecular complexity index is 2690. The number of ether oxygens (including phenoxy) is 1. The Morgan fingerprint density at radius 2 is 1.50 bits per heavy atom. The Kier molecular flexibility index (Phi) is 9.64. The van der Waals surface area contributed by atoms with Crippen LogP contribution < -0.4 is 31.4 Å². The van der Waals surface area contributed by atoms with E-state index in [1.54, 1.807) is 30.3 Å². The summed E-state index contributed by atoms with van der Waals surface area (Å²) < 4.78 is 37.2. The van der Waals surface area contributed by atoms with Crippen molar-refractivity contribution >= 4 is 24.4 Å². The van der Waals surface area contributed by atoms with Gasteiger partial charge in [0.25, 0.3) is 16.7 Å². The smallest absolute Gasteiger partial charge is 0.259 e. The molecule has 5 heterocycles. The Morgan fingerprint density at radius 3 is 2.16 bits per heavy atom. The number of aromatic nitrogens is 5. The van der Waals surface area contributed by atoms with Crippen molar-refractivity contribution in [2.45, 2.75) is 31.3 Å². The Labute approximate surface area is 327 Å². The second kappa shape index (κ2) is 14.6. The number of methoxy groups -OCH3 is 1. The molecule has 2 aliphatic rings. The van der Waals surface area contributed by atoms with Crippen LogP contribution in [-0.2, 0) is 13.1 Å². The van der Waals surface area contributed by atoms with Crippen LogP contribution in [0.25, 0.3) is 11.4 Å². The van der Waals surface area contributed by atoms with Gasteiger partial charge in [0.1, 0.15) is 23.9 Å². The van der Waals surface area contributed by atoms with Gasteiger partial charge < -0.3 is 29.0 Å². The summed E-state index contributed by atoms with van der Waals surface area (Å²) in [6.45, 7) is 2.58. The standard InChI is InChI=1S/C40H34F2N6O6S2/c1-54-30-14-5-22(16-24(30)20-45-17-21-15-23(19-45)29-3-2-4-31(49)46(29)18-21)32(33-35(50)43-39(55)47(37(33)52)27-10-6-25(41)7-11-27)34-36(51)44-40(56)48(38(34)53)28-12-8-26(42)9-13-28/h2-14,16,21,23,32,52-53H,15,17-20H2,1H3,(H,43,50,55)(H,44,51,56). The number of benzene rings is 3. The zero-order chi connectivity index (χ0) is 39.4. The molecule has 0 spiro atoms. The van der Waals surface area contributed by atoms with E-state index in [1.807, 2.05) is 10.6 Å². The normalized spacial score (nSPS) is 17.9. The molecule has 0 radical (unpaired) electrons. The molecule has 0 amide bonds. The van der Waals surface area contributed by atoms with E-state index in [4.69, 9.17) is 29.2 Å². The van der Waals surface area contributed by atoms with E-state index in [0.29, 0.717) is 24.4 Å². The number of nitrogens with zero attached hydrogens (tertiary/aromatic N) is 3. The summed E-state index contributed by atoms with van der Waals surface area (Å²) >= 11 is 10.8. The van der Waals surface area contributed by atoms with Crippen molar-refractivity contribution in [1.82, 2.24) is 23.7 Å². The topological polar surface area (TPSA) is 155 Å². The van der Waals surface area contributed by atoms with Crippen LogP contribution in [0, 0.1) is 27.1 Å². The molecule has 1 saturated heterocycles. The van der Waals surface area contributed by atoms with Gasteiger partial charge in [-0.1, -0.05) is 12.1 Å². The van der Waals surface area contributed by atoms with Crippen LogP contribution in [0.3, 0.4) is 0 Å². The van der Waals surface area contributed by atoms with Crippen molar-refractivity contribution in [2.24, 2.45) is 5.92 Å². The minimum Gasteiger partial charge on any atom is -0.859 e. The lowest BCUT2D eigenvalue weighted by atomic mass is 9.82. The van der Waals surface area contributed by atoms with Gasteiger partial charge in [0.2, 0.25) is 5.88 Å². The van der Waals surface area contributed by atoms with Crippen LogP contribution in [0.2, 0.25) is 0 Å². The van der Waals surface area contributed by atoms with Gasteiger partial charge in [0.15, 0.2) is 9.54 Å². The number of rotatable bonds is 8. The summed E-state index contributed by atoms with van der Waals surface area (Å²) in [6, 6.07) is 20.3. The van der Waals surface area contributed by atoms with E-state index in [9.17, 15) is 33.4 Å². The maximum atomic E-state index is 14.6. The van der Waals surface area contributed by atoms with E-state index in [-0.39, 0.29) is 43.9 Å². The van der Waals surface area contributed by atoms with E-state index in [0.717, 1.165) is 58.6 Å². The Hall–Kier alpha value is -5.97. The van der Waals surface area contributed by atoms with Gasteiger partial charge in [-0.25, -0.2) is 8.78 Å². The summed E-state index contributed by atoms with van der Waals surface area (Å²) in [5, 5.41) is 26.6. The molecule has 0 saturated carbocycles. The molecule has 56 heavy (non-hydrogen) atoms. The van der Waals surface area contributed by atoms with Crippen LogP contribution >= 0.6 is 24.4 Å². The average molecular weight is 797 g/mol. The molecule has 4 N–H and O–H groups in total. The molecule has 286 valence electrons. The Morgan fingerprint density at radius 1 is 0.875 bits per heavy atom. The molecule has 4 unspecified atom stereocenters. The maximum Gasteiger partial charge on any atom is 0.259 e. The summed E-state index contributed by atoms with van der Waals surface area (Å²) in [5.41, 5.74) is -0.347. The summed E-state index contributed by atoms with van der Waals surface area (Å²) in [7, 11) is 1.53. The number of hydrogen-bond acceptors (Lipinski definition) is 8. The molecule has 0 aliphatic carbocycles. The van der Waals surface area contributed by atoms with E-state index >= 15 is 0 Å². The lowest BCUT2D eigenvalue weighted by molar-refractivity contribution is -0.924. The quantitative estimate of drug-likeness (QED) is 0.170. The molecular weight excluding hydrogens is 763 g/mol. The fourth-order valence-corrected chi connectivity index (χ4v) is 8.93. The number of quaternary nitrogens is 1. The zero-order valence-electron chi connectivity index (χ0n) is 29.8. The van der Waals surface area contributed by atoms with Crippen LogP contribution in [0.1, 0.15) is 46.2 Å². The fourth-order valence-electron chi connectivity index (χ4n) is 8.37. The summed E-state index contributed by atoms with van der Waals surface area (Å²) in [4.78, 5) is 47.0. The highest BCUT2D eigenvalue weighted by molar-refractivity contribution is 7.71. The molecule has 3 aromatic carbocycles. The van der Waals surface area contributed by atoms with Crippen LogP contribution in [0.15, 0.2) is 99.3 Å². The van der Waals surface area contributed by atoms with Crippen molar-refractivity contribution in [3.8, 4) is 28.9 Å². The maximum absolute atomic E-state index is 14.6. The van der Waals surface area contributed by atoms with Crippen LogP contribution in [0.5, 0.6) is 17.5 Å². The monoisotopic (exact) mass is 796 g/mol. The number of pyridine rings is 1. The van der Waals surface area contributed by atoms with Gasteiger partial charge >= 0.3 is 0 Å². The second-order valence-corrected chi connectivity index (χ2v) is 14.9. The molecule has 12 nitrogen and oxygen atoms in total. The molecule has 2 aliphatic heterocycles. The molecule has 8 rings (SSSR count). The van der Waals surface area contributed by atoms with Gasteiger partial charge in [0.05, 0.1) is 37.4 Å². The predicted molar refractivity (Wildman–Crippen MR) is 205 cm³/mol. The van der Waals surface area contributed by atoms with Crippen LogP contribution in [-0.4, -0.2) is 49.0 Å². The highest BCUT2D eigenvalue weighted by Crippen LogP contribution is 2.39. The van der Waals surface area contributed by atoms with Crippen LogP contribution in [0.4, 0.5) is 8.78 Å². The number of halogens is 2. The molecule has 3 aromatic heterocycles. The van der Waals surface area contributed by atoms with Gasteiger partial charge in [-0.2, -0.15) is 0 Å². The van der Waals surface area contributed by atoms with Gasteiger partial charge in [-0.15, -0.1) is 0 Å². The second-order valence-electron chi connectivity index (χ2n) is 14.1. The van der Waals surface area contributed by atoms with Crippen molar-refractivity contribution < 1.29 is 28.6 Å². The van der Waals surface area contributed by atoms with Gasteiger partial charge in [-0.05, 0) is 109 Å². The molecular formula is C40H34F2N6O6S2. The third kappa shape index (κ3) is 6.58. The Balaban J connectivity index is 1.32. The fraction of sp³-hybridized carbons (Fsp3) is 0.225. The minimum absolute atomic E-state index is 0.0123. The lowest BCUT2D eigenvalue weighted by Crippen LogP contribution is -3.13. The molecule has 6 aromatic rings. The first-order chi connectivity index (χ1) is 26.9. The third-order valence-corrected chi connectivity index (χ3v) is 11.3. The zero-order valence-corrected chi connectivity index (χ0v) is 31.4. The van der Waals surface area contributed by atoms with E-state index < -0.39 is 51.6 Å². The lowest BCUT2D eigenvalue weighted by Gasteiger charge is -2.40. The van der Waals surface area contributed by atoms with Gasteiger partial charge in [-0.3, -0.25) is 28.9 Å². The number of fused-ring (bicyclic) bond motifs is 4. The van der Waals surface area contributed by atoms with Crippen molar-refractivity contribution in [1.29, 1.82) is 0 Å². The first kappa shape index (κ1) is 37.0. The average Bonchev–Trinajstić information content (AvgIpc) is 3.16. The number of aromatic hydroxyl groups is 1. The van der Waals surface area contributed by atoms with Crippen molar-refractivity contribution in [3.05, 3.63) is 165 Å². The summed E-state index contributed by atoms with van der Waals surface area (Å²) in [5.74, 6) is -3.32. The van der Waals surface area contributed by atoms with Crippen molar-refractivity contribution in [2.75, 3.05) is 20.2 Å². The molecule has 16 heteroatoms. The predicted octanol–water partition coefficient (Wildman–Crippen LogP) is 3.71. The third-order valence-electron chi connectivity index (χ3n) is 10.7. The largest absolute Gasteiger partial charge is 0.859 e. The molecule has 1 fully saturated rings. The number of likely N-dealkylation sites (tertiary alicyclic amines) is 1. The van der Waals surface area contributed by atoms with Gasteiger partial charge in [0, 0.05) is 47.0 Å². The SMILES string of the molecule is COc1ccc(C(c2c([O-])n(-c3ccc(F)cc3)c(=S)[nH]c2=O)c2c(O)n(-c3ccc(F)cc3)c(=S)[nH]c2=O)cc1C[NH+]1CC2CC(C1)c1cccc(=O)n1C2. The molecule has 2 bridgehead atoms. The number of piperidine rings is 1. The highest BCUT2D eigenvalue weighted by Gasteiger charge is 2.38. The first-order valence-corrected chi connectivity index (χ1v) is 18.6. The number of aromatic amines is 2. The number of hydrogen-bond donors (Lipinski definition) is 4. The summed E-state index contributed by atoms with van der Waals surface area (Å²) in [6.07, 6.45) is 0.961. The van der Waals surface area contributed by atoms with Crippen molar-refractivity contribution in [3.63, 3.8) is 0 Å². The highest BCUT2D eigenvalue weighted by atomic mass is 32.1. The van der Waals surface area contributed by atoms with E-state index in [1.165, 1.54) is 36.3 Å². The number of H-pyrrole nitrogens is 2. The first-order valence-electron chi connectivity index (χ1n) is 17.8.